The zero-order valence-corrected chi connectivity index (χ0v) is 16.0. The molecule has 0 aliphatic rings. The zero-order valence-electron chi connectivity index (χ0n) is 15.1. The van der Waals surface area contributed by atoms with Gasteiger partial charge in [-0.05, 0) is 48.5 Å². The third-order valence-electron chi connectivity index (χ3n) is 3.91. The van der Waals surface area contributed by atoms with E-state index in [4.69, 9.17) is 4.74 Å². The summed E-state index contributed by atoms with van der Waals surface area (Å²) in [5, 5.41) is 2.68. The van der Waals surface area contributed by atoms with Crippen molar-refractivity contribution in [1.82, 2.24) is 0 Å². The maximum atomic E-state index is 13.4. The van der Waals surface area contributed by atoms with Gasteiger partial charge in [0.1, 0.15) is 5.75 Å². The maximum Gasteiger partial charge on any atom is 0.261 e. The van der Waals surface area contributed by atoms with Crippen molar-refractivity contribution in [3.05, 3.63) is 83.9 Å². The summed E-state index contributed by atoms with van der Waals surface area (Å²) < 4.78 is 58.5. The van der Waals surface area contributed by atoms with Crippen molar-refractivity contribution in [3.8, 4) is 5.75 Å². The fraction of sp³-hybridized carbons (Fsp3) is 0.0500. The van der Waals surface area contributed by atoms with E-state index < -0.39 is 32.5 Å². The molecule has 2 N–H and O–H groups in total. The Morgan fingerprint density at radius 2 is 1.62 bits per heavy atom. The normalized spacial score (nSPS) is 11.0. The molecule has 9 heteroatoms. The lowest BCUT2D eigenvalue weighted by Gasteiger charge is -2.11. The minimum atomic E-state index is -4.17. The molecular weight excluding hydrogens is 402 g/mol. The molecule has 3 aromatic carbocycles. The molecule has 1 amide bonds. The molecule has 3 rings (SSSR count). The van der Waals surface area contributed by atoms with Gasteiger partial charge in [-0.3, -0.25) is 9.52 Å². The molecule has 3 aromatic rings. The highest BCUT2D eigenvalue weighted by Crippen LogP contribution is 2.21. The second kappa shape index (κ2) is 8.27. The maximum absolute atomic E-state index is 13.4. The molecular formula is C20H16F2N2O4S. The third-order valence-corrected chi connectivity index (χ3v) is 5.28. The van der Waals surface area contributed by atoms with Crippen LogP contribution < -0.4 is 14.8 Å². The van der Waals surface area contributed by atoms with Crippen molar-refractivity contribution in [2.75, 3.05) is 17.1 Å². The minimum absolute atomic E-state index is 0.0908. The summed E-state index contributed by atoms with van der Waals surface area (Å²) >= 11 is 0. The van der Waals surface area contributed by atoms with E-state index in [0.717, 1.165) is 12.1 Å². The fourth-order valence-electron chi connectivity index (χ4n) is 2.49. The van der Waals surface area contributed by atoms with Gasteiger partial charge in [0.2, 0.25) is 0 Å². The lowest BCUT2D eigenvalue weighted by Crippen LogP contribution is -2.15. The first-order valence-corrected chi connectivity index (χ1v) is 9.80. The average molecular weight is 418 g/mol. The number of rotatable bonds is 6. The Labute approximate surface area is 166 Å². The first kappa shape index (κ1) is 20.3. The highest BCUT2D eigenvalue weighted by Gasteiger charge is 2.17. The summed E-state index contributed by atoms with van der Waals surface area (Å²) in [5.74, 6) is -2.33. The lowest BCUT2D eigenvalue weighted by molar-refractivity contribution is 0.102. The summed E-state index contributed by atoms with van der Waals surface area (Å²) in [6.07, 6.45) is 0. The van der Waals surface area contributed by atoms with Gasteiger partial charge in [0.05, 0.1) is 12.0 Å². The molecule has 0 aliphatic carbocycles. The molecule has 150 valence electrons. The van der Waals surface area contributed by atoms with Crippen LogP contribution in [0.15, 0.2) is 71.6 Å². The quantitative estimate of drug-likeness (QED) is 0.633. The highest BCUT2D eigenvalue weighted by atomic mass is 32.2. The van der Waals surface area contributed by atoms with Crippen molar-refractivity contribution in [2.24, 2.45) is 0 Å². The van der Waals surface area contributed by atoms with Gasteiger partial charge in [0.25, 0.3) is 15.9 Å². The molecule has 0 spiro atoms. The Morgan fingerprint density at radius 3 is 2.34 bits per heavy atom. The second-order valence-electron chi connectivity index (χ2n) is 5.95. The molecule has 29 heavy (non-hydrogen) atoms. The summed E-state index contributed by atoms with van der Waals surface area (Å²) in [4.78, 5) is 12.0. The number of carbonyl (C=O) groups excluding carboxylic acids is 1. The lowest BCUT2D eigenvalue weighted by atomic mass is 10.2. The van der Waals surface area contributed by atoms with E-state index in [-0.39, 0.29) is 11.3 Å². The smallest absolute Gasteiger partial charge is 0.261 e. The number of amides is 1. The van der Waals surface area contributed by atoms with Crippen molar-refractivity contribution < 1.29 is 26.7 Å². The molecule has 0 aliphatic heterocycles. The van der Waals surface area contributed by atoms with Gasteiger partial charge in [-0.2, -0.15) is 0 Å². The Bertz CT molecular complexity index is 1170. The van der Waals surface area contributed by atoms with Crippen LogP contribution in [0, 0.1) is 11.6 Å². The van der Waals surface area contributed by atoms with Crippen molar-refractivity contribution in [3.63, 3.8) is 0 Å². The first-order valence-electron chi connectivity index (χ1n) is 8.32. The van der Waals surface area contributed by atoms with Gasteiger partial charge >= 0.3 is 0 Å². The van der Waals surface area contributed by atoms with Crippen LogP contribution in [0.3, 0.4) is 0 Å². The van der Waals surface area contributed by atoms with E-state index in [1.54, 1.807) is 24.3 Å². The molecule has 0 atom stereocenters. The number of ether oxygens (including phenoxy) is 1. The molecule has 0 bridgehead atoms. The van der Waals surface area contributed by atoms with Crippen molar-refractivity contribution >= 4 is 27.3 Å². The predicted octanol–water partition coefficient (Wildman–Crippen LogP) is 4.03. The molecule has 6 nitrogen and oxygen atoms in total. The molecule has 0 fully saturated rings. The van der Waals surface area contributed by atoms with Crippen LogP contribution in [0.5, 0.6) is 5.75 Å². The van der Waals surface area contributed by atoms with Gasteiger partial charge in [0.15, 0.2) is 11.6 Å². The largest absolute Gasteiger partial charge is 0.497 e. The van der Waals surface area contributed by atoms with Crippen LogP contribution in [0.4, 0.5) is 20.2 Å². The number of methoxy groups -OCH3 is 1. The third kappa shape index (κ3) is 4.88. The zero-order chi connectivity index (χ0) is 21.0. The van der Waals surface area contributed by atoms with Crippen LogP contribution >= 0.6 is 0 Å². The first-order chi connectivity index (χ1) is 13.8. The molecule has 0 radical (unpaired) electrons. The summed E-state index contributed by atoms with van der Waals surface area (Å²) in [6, 6.07) is 14.7. The Hall–Kier alpha value is -3.46. The van der Waals surface area contributed by atoms with Crippen LogP contribution in [0.25, 0.3) is 0 Å². The van der Waals surface area contributed by atoms with E-state index >= 15 is 0 Å². The summed E-state index contributed by atoms with van der Waals surface area (Å²) in [6.45, 7) is 0. The Balaban J connectivity index is 1.79. The number of nitrogens with one attached hydrogen (secondary N) is 2. The van der Waals surface area contributed by atoms with Gasteiger partial charge < -0.3 is 10.1 Å². The van der Waals surface area contributed by atoms with Crippen LogP contribution in [0.2, 0.25) is 0 Å². The monoisotopic (exact) mass is 418 g/mol. The molecule has 0 unspecified atom stereocenters. The number of hydrogen-bond donors (Lipinski definition) is 2. The Morgan fingerprint density at radius 1 is 0.897 bits per heavy atom. The van der Waals surface area contributed by atoms with Gasteiger partial charge in [-0.15, -0.1) is 0 Å². The number of halogens is 2. The summed E-state index contributed by atoms with van der Waals surface area (Å²) in [5.41, 5.74) is 0.786. The molecule has 0 aromatic heterocycles. The fourth-order valence-corrected chi connectivity index (χ4v) is 3.55. The molecule has 0 heterocycles. The SMILES string of the molecule is COc1cccc(NC(=O)c2cccc(NS(=O)(=O)c3ccc(F)c(F)c3)c2)c1. The summed E-state index contributed by atoms with van der Waals surface area (Å²) in [7, 11) is -2.66. The Kier molecular flexibility index (Phi) is 5.79. The van der Waals surface area contributed by atoms with E-state index in [9.17, 15) is 22.0 Å². The van der Waals surface area contributed by atoms with Gasteiger partial charge in [-0.25, -0.2) is 17.2 Å². The van der Waals surface area contributed by atoms with Gasteiger partial charge in [0, 0.05) is 23.0 Å². The molecule has 0 saturated carbocycles. The highest BCUT2D eigenvalue weighted by molar-refractivity contribution is 7.92. The van der Waals surface area contributed by atoms with Crippen LogP contribution in [-0.4, -0.2) is 21.4 Å². The minimum Gasteiger partial charge on any atom is -0.497 e. The van der Waals surface area contributed by atoms with Crippen molar-refractivity contribution in [1.29, 1.82) is 0 Å². The topological polar surface area (TPSA) is 84.5 Å². The number of hydrogen-bond acceptors (Lipinski definition) is 4. The van der Waals surface area contributed by atoms with E-state index in [0.29, 0.717) is 17.5 Å². The number of anilines is 2. The number of carbonyl (C=O) groups is 1. The predicted molar refractivity (Wildman–Crippen MR) is 105 cm³/mol. The van der Waals surface area contributed by atoms with Crippen LogP contribution in [0.1, 0.15) is 10.4 Å². The average Bonchev–Trinajstić information content (AvgIpc) is 2.70. The number of benzene rings is 3. The van der Waals surface area contributed by atoms with Gasteiger partial charge in [-0.1, -0.05) is 12.1 Å². The van der Waals surface area contributed by atoms with Crippen molar-refractivity contribution in [2.45, 2.75) is 4.90 Å². The van der Waals surface area contributed by atoms with E-state index in [1.165, 1.54) is 31.4 Å². The van der Waals surface area contributed by atoms with E-state index in [1.807, 2.05) is 0 Å². The van der Waals surface area contributed by atoms with Crippen LogP contribution in [-0.2, 0) is 10.0 Å². The number of sulfonamides is 1. The molecule has 0 saturated heterocycles. The standard InChI is InChI=1S/C20H16F2N2O4S/c1-28-16-7-3-5-14(11-16)23-20(25)13-4-2-6-15(10-13)24-29(26,27)17-8-9-18(21)19(22)12-17/h2-12,24H,1H3,(H,23,25). The van der Waals surface area contributed by atoms with E-state index in [2.05, 4.69) is 10.0 Å². The second-order valence-corrected chi connectivity index (χ2v) is 7.63.